The van der Waals surface area contributed by atoms with Crippen molar-refractivity contribution >= 4 is 54.3 Å². The van der Waals surface area contributed by atoms with E-state index in [-0.39, 0.29) is 0 Å². The highest BCUT2D eigenvalue weighted by molar-refractivity contribution is 6.25. The van der Waals surface area contributed by atoms with E-state index < -0.39 is 0 Å². The Labute approximate surface area is 270 Å². The van der Waals surface area contributed by atoms with Crippen molar-refractivity contribution in [2.24, 2.45) is 0 Å². The molecule has 0 fully saturated rings. The Morgan fingerprint density at radius 2 is 1.17 bits per heavy atom. The van der Waals surface area contributed by atoms with Gasteiger partial charge in [0.05, 0.1) is 22.6 Å². The fourth-order valence-corrected chi connectivity index (χ4v) is 7.33. The van der Waals surface area contributed by atoms with Gasteiger partial charge in [-0.15, -0.1) is 0 Å². The van der Waals surface area contributed by atoms with Crippen LogP contribution in [-0.4, -0.2) is 19.5 Å². The van der Waals surface area contributed by atoms with E-state index in [0.29, 0.717) is 0 Å². The maximum atomic E-state index is 5.22. The summed E-state index contributed by atoms with van der Waals surface area (Å²) in [6.45, 7) is 0. The first-order valence-corrected chi connectivity index (χ1v) is 15.9. The number of benzene rings is 6. The van der Waals surface area contributed by atoms with Gasteiger partial charge in [0.2, 0.25) is 0 Å². The SMILES string of the molecule is c1ccc(-c2cc(-c3ccc4ccc5cccc6ccc3c4c56)cc(-c3cccc(-n4c5ccccc5c5cccnc54)c3)n2)nc1. The summed E-state index contributed by atoms with van der Waals surface area (Å²) in [6, 6.07) is 51.7. The van der Waals surface area contributed by atoms with Crippen LogP contribution >= 0.6 is 0 Å². The van der Waals surface area contributed by atoms with E-state index in [1.165, 1.54) is 43.3 Å². The van der Waals surface area contributed by atoms with E-state index in [1.807, 2.05) is 36.7 Å². The highest BCUT2D eigenvalue weighted by Gasteiger charge is 2.17. The molecule has 0 amide bonds. The van der Waals surface area contributed by atoms with Gasteiger partial charge in [0.15, 0.2) is 0 Å². The zero-order chi connectivity index (χ0) is 30.9. The Kier molecular flexibility index (Phi) is 5.54. The van der Waals surface area contributed by atoms with Crippen molar-refractivity contribution < 1.29 is 0 Å². The molecule has 0 N–H and O–H groups in total. The van der Waals surface area contributed by atoms with Crippen LogP contribution in [0.5, 0.6) is 0 Å². The zero-order valence-corrected chi connectivity index (χ0v) is 25.3. The highest BCUT2D eigenvalue weighted by atomic mass is 15.0. The molecule has 0 atom stereocenters. The first-order valence-electron chi connectivity index (χ1n) is 15.9. The summed E-state index contributed by atoms with van der Waals surface area (Å²) in [5.41, 5.74) is 9.01. The predicted molar refractivity (Wildman–Crippen MR) is 194 cm³/mol. The summed E-state index contributed by atoms with van der Waals surface area (Å²) in [5, 5.41) is 9.96. The number of nitrogens with zero attached hydrogens (tertiary/aromatic N) is 4. The lowest BCUT2D eigenvalue weighted by Gasteiger charge is -2.16. The molecule has 47 heavy (non-hydrogen) atoms. The lowest BCUT2D eigenvalue weighted by molar-refractivity contribution is 1.13. The van der Waals surface area contributed by atoms with Gasteiger partial charge in [-0.3, -0.25) is 9.55 Å². The van der Waals surface area contributed by atoms with E-state index in [4.69, 9.17) is 15.0 Å². The van der Waals surface area contributed by atoms with Gasteiger partial charge in [0.1, 0.15) is 5.65 Å². The van der Waals surface area contributed by atoms with Crippen LogP contribution in [0.25, 0.3) is 93.7 Å². The Morgan fingerprint density at radius 3 is 2.06 bits per heavy atom. The third-order valence-corrected chi connectivity index (χ3v) is 9.43. The highest BCUT2D eigenvalue weighted by Crippen LogP contribution is 2.41. The normalized spacial score (nSPS) is 11.8. The number of para-hydroxylation sites is 1. The van der Waals surface area contributed by atoms with Gasteiger partial charge in [-0.1, -0.05) is 91.0 Å². The van der Waals surface area contributed by atoms with Crippen LogP contribution in [-0.2, 0) is 0 Å². The molecule has 4 heterocycles. The molecule has 4 aromatic heterocycles. The molecule has 4 nitrogen and oxygen atoms in total. The second-order valence-electron chi connectivity index (χ2n) is 12.1. The molecule has 0 spiro atoms. The third-order valence-electron chi connectivity index (χ3n) is 9.43. The van der Waals surface area contributed by atoms with E-state index in [1.54, 1.807) is 0 Å². The summed E-state index contributed by atoms with van der Waals surface area (Å²) in [7, 11) is 0. The molecule has 0 bridgehead atoms. The fraction of sp³-hybridized carbons (Fsp3) is 0. The minimum absolute atomic E-state index is 0.840. The van der Waals surface area contributed by atoms with Gasteiger partial charge < -0.3 is 0 Å². The van der Waals surface area contributed by atoms with Crippen LogP contribution in [0.15, 0.2) is 158 Å². The van der Waals surface area contributed by atoms with E-state index in [2.05, 4.69) is 126 Å². The lowest BCUT2D eigenvalue weighted by atomic mass is 9.89. The standard InChI is InChI=1S/C43H26N4/c1-2-15-40-34(12-1)36-13-7-23-45-43(36)47(40)32-11-6-10-30(24-32)38-25-31(26-39(46-38)37-14-3-4-22-44-37)33-20-18-29-17-16-27-8-5-9-28-19-21-35(33)42(29)41(27)28/h1-26H. The fourth-order valence-electron chi connectivity index (χ4n) is 7.33. The molecule has 0 unspecified atom stereocenters. The maximum Gasteiger partial charge on any atom is 0.145 e. The van der Waals surface area contributed by atoms with Gasteiger partial charge >= 0.3 is 0 Å². The van der Waals surface area contributed by atoms with Crippen LogP contribution < -0.4 is 0 Å². The number of hydrogen-bond acceptors (Lipinski definition) is 3. The number of aromatic nitrogens is 4. The van der Waals surface area contributed by atoms with Crippen LogP contribution in [0.3, 0.4) is 0 Å². The Hall–Kier alpha value is -6.39. The van der Waals surface area contributed by atoms with E-state index >= 15 is 0 Å². The molecule has 4 heteroatoms. The van der Waals surface area contributed by atoms with Crippen molar-refractivity contribution in [3.05, 3.63) is 158 Å². The Bertz CT molecular complexity index is 2730. The predicted octanol–water partition coefficient (Wildman–Crippen LogP) is 10.9. The zero-order valence-electron chi connectivity index (χ0n) is 25.3. The molecule has 0 radical (unpaired) electrons. The monoisotopic (exact) mass is 598 g/mol. The Morgan fingerprint density at radius 1 is 0.426 bits per heavy atom. The van der Waals surface area contributed by atoms with Crippen molar-refractivity contribution in [1.29, 1.82) is 0 Å². The van der Waals surface area contributed by atoms with Crippen molar-refractivity contribution in [3.8, 4) is 39.5 Å². The first kappa shape index (κ1) is 25.9. The van der Waals surface area contributed by atoms with Crippen molar-refractivity contribution in [2.45, 2.75) is 0 Å². The molecule has 0 saturated heterocycles. The molecule has 10 rings (SSSR count). The molecule has 6 aromatic carbocycles. The minimum Gasteiger partial charge on any atom is -0.294 e. The van der Waals surface area contributed by atoms with Crippen molar-refractivity contribution in [1.82, 2.24) is 19.5 Å². The summed E-state index contributed by atoms with van der Waals surface area (Å²) < 4.78 is 2.25. The summed E-state index contributed by atoms with van der Waals surface area (Å²) in [4.78, 5) is 14.7. The first-order chi connectivity index (χ1) is 23.3. The van der Waals surface area contributed by atoms with Gasteiger partial charge in [-0.05, 0) is 98.0 Å². The summed E-state index contributed by atoms with van der Waals surface area (Å²) >= 11 is 0. The van der Waals surface area contributed by atoms with Gasteiger partial charge in [-0.25, -0.2) is 9.97 Å². The molecular formula is C43H26N4. The summed E-state index contributed by atoms with van der Waals surface area (Å²) in [5.74, 6) is 0. The molecule has 218 valence electrons. The van der Waals surface area contributed by atoms with Gasteiger partial charge in [0, 0.05) is 34.4 Å². The van der Waals surface area contributed by atoms with E-state index in [9.17, 15) is 0 Å². The quantitative estimate of drug-likeness (QED) is 0.189. The minimum atomic E-state index is 0.840. The van der Waals surface area contributed by atoms with Gasteiger partial charge in [0.25, 0.3) is 0 Å². The second-order valence-corrected chi connectivity index (χ2v) is 12.1. The molecule has 10 aromatic rings. The van der Waals surface area contributed by atoms with Crippen LogP contribution in [0.1, 0.15) is 0 Å². The maximum absolute atomic E-state index is 5.22. The lowest BCUT2D eigenvalue weighted by Crippen LogP contribution is -1.97. The van der Waals surface area contributed by atoms with Crippen molar-refractivity contribution in [2.75, 3.05) is 0 Å². The number of rotatable bonds is 4. The number of fused-ring (bicyclic) bond motifs is 3. The molecular weight excluding hydrogens is 573 g/mol. The smallest absolute Gasteiger partial charge is 0.145 e. The van der Waals surface area contributed by atoms with Crippen LogP contribution in [0.2, 0.25) is 0 Å². The average molecular weight is 599 g/mol. The van der Waals surface area contributed by atoms with Crippen molar-refractivity contribution in [3.63, 3.8) is 0 Å². The van der Waals surface area contributed by atoms with Crippen LogP contribution in [0.4, 0.5) is 0 Å². The third kappa shape index (κ3) is 3.98. The molecule has 0 aliphatic rings. The van der Waals surface area contributed by atoms with E-state index in [0.717, 1.165) is 50.4 Å². The largest absolute Gasteiger partial charge is 0.294 e. The second kappa shape index (κ2) is 10.1. The Balaban J connectivity index is 1.21. The van der Waals surface area contributed by atoms with Crippen LogP contribution in [0, 0.1) is 0 Å². The number of hydrogen-bond donors (Lipinski definition) is 0. The topological polar surface area (TPSA) is 43.6 Å². The number of pyridine rings is 3. The molecule has 0 aliphatic carbocycles. The molecule has 0 saturated carbocycles. The van der Waals surface area contributed by atoms with Gasteiger partial charge in [-0.2, -0.15) is 0 Å². The average Bonchev–Trinajstić information content (AvgIpc) is 3.48. The molecule has 0 aliphatic heterocycles. The summed E-state index contributed by atoms with van der Waals surface area (Å²) in [6.07, 6.45) is 3.69.